The number of carbonyl (C=O) groups is 2. The van der Waals surface area contributed by atoms with Crippen molar-refractivity contribution in [3.05, 3.63) is 107 Å². The summed E-state index contributed by atoms with van der Waals surface area (Å²) in [7, 11) is 0. The summed E-state index contributed by atoms with van der Waals surface area (Å²) in [6.45, 7) is -0.343. The highest BCUT2D eigenvalue weighted by Crippen LogP contribution is 2.30. The average Bonchev–Trinajstić information content (AvgIpc) is 3.31. The molecule has 5 nitrogen and oxygen atoms in total. The van der Waals surface area contributed by atoms with Crippen LogP contribution in [0.2, 0.25) is 0 Å². The second-order valence-corrected chi connectivity index (χ2v) is 8.23. The number of carbonyl (C=O) groups excluding carboxylic acids is 2. The highest BCUT2D eigenvalue weighted by molar-refractivity contribution is 6.06. The first-order valence-corrected chi connectivity index (χ1v) is 11.2. The van der Waals surface area contributed by atoms with E-state index >= 15 is 0 Å². The van der Waals surface area contributed by atoms with Crippen LogP contribution in [0.25, 0.3) is 10.9 Å². The lowest BCUT2D eigenvalue weighted by Gasteiger charge is -2.13. The molecule has 0 spiro atoms. The molecule has 1 amide bonds. The van der Waals surface area contributed by atoms with Crippen LogP contribution in [0, 0.1) is 0 Å². The molecule has 164 valence electrons. The van der Waals surface area contributed by atoms with Gasteiger partial charge in [-0.1, -0.05) is 66.7 Å². The number of aromatic nitrogens is 1. The molecule has 0 unspecified atom stereocenters. The van der Waals surface area contributed by atoms with Crippen molar-refractivity contribution in [1.29, 1.82) is 0 Å². The number of fused-ring (bicyclic) bond motifs is 2. The van der Waals surface area contributed by atoms with E-state index in [4.69, 9.17) is 9.72 Å². The Balaban J connectivity index is 1.30. The van der Waals surface area contributed by atoms with Crippen molar-refractivity contribution in [3.8, 4) is 0 Å². The van der Waals surface area contributed by atoms with Crippen LogP contribution in [0.15, 0.2) is 78.9 Å². The van der Waals surface area contributed by atoms with E-state index in [1.54, 1.807) is 0 Å². The number of amides is 1. The van der Waals surface area contributed by atoms with E-state index in [-0.39, 0.29) is 12.5 Å². The van der Waals surface area contributed by atoms with E-state index in [1.807, 2.05) is 66.7 Å². The fourth-order valence-electron chi connectivity index (χ4n) is 4.45. The van der Waals surface area contributed by atoms with Gasteiger partial charge in [-0.2, -0.15) is 0 Å². The van der Waals surface area contributed by atoms with Crippen molar-refractivity contribution >= 4 is 28.5 Å². The van der Waals surface area contributed by atoms with Crippen molar-refractivity contribution in [2.45, 2.75) is 25.7 Å². The van der Waals surface area contributed by atoms with Gasteiger partial charge in [0, 0.05) is 16.8 Å². The standard InChI is InChI=1S/C28H24N2O3/c31-26(30-23-14-6-4-11-20(23)17-19-9-2-1-3-10-19)18-33-28(32)27-21-12-5-7-15-24(21)29-25-16-8-13-22(25)27/h1-7,9-12,14-15H,8,13,16-18H2,(H,30,31). The number of pyridine rings is 1. The lowest BCUT2D eigenvalue weighted by Crippen LogP contribution is -2.22. The summed E-state index contributed by atoms with van der Waals surface area (Å²) in [6, 6.07) is 25.3. The molecule has 0 saturated heterocycles. The minimum atomic E-state index is -0.473. The fraction of sp³-hybridized carbons (Fsp3) is 0.179. The van der Waals surface area contributed by atoms with Crippen molar-refractivity contribution in [1.82, 2.24) is 4.98 Å². The molecule has 0 saturated carbocycles. The lowest BCUT2D eigenvalue weighted by atomic mass is 10.0. The number of nitrogens with one attached hydrogen (secondary N) is 1. The molecule has 5 heteroatoms. The predicted molar refractivity (Wildman–Crippen MR) is 128 cm³/mol. The van der Waals surface area contributed by atoms with Crippen LogP contribution in [-0.2, 0) is 28.8 Å². The quantitative estimate of drug-likeness (QED) is 0.427. The maximum absolute atomic E-state index is 13.1. The molecular formula is C28H24N2O3. The molecule has 1 aliphatic carbocycles. The molecular weight excluding hydrogens is 412 g/mol. The van der Waals surface area contributed by atoms with Gasteiger partial charge >= 0.3 is 5.97 Å². The number of hydrogen-bond donors (Lipinski definition) is 1. The smallest absolute Gasteiger partial charge is 0.339 e. The maximum Gasteiger partial charge on any atom is 0.339 e. The number of esters is 1. The maximum atomic E-state index is 13.1. The molecule has 1 N–H and O–H groups in total. The molecule has 0 bridgehead atoms. The van der Waals surface area contributed by atoms with Gasteiger partial charge in [-0.3, -0.25) is 9.78 Å². The minimum absolute atomic E-state index is 0.343. The van der Waals surface area contributed by atoms with Crippen molar-refractivity contribution in [3.63, 3.8) is 0 Å². The van der Waals surface area contributed by atoms with Crippen LogP contribution in [0.5, 0.6) is 0 Å². The van der Waals surface area contributed by atoms with Gasteiger partial charge in [-0.15, -0.1) is 0 Å². The van der Waals surface area contributed by atoms with Gasteiger partial charge in [-0.25, -0.2) is 4.79 Å². The van der Waals surface area contributed by atoms with E-state index in [9.17, 15) is 9.59 Å². The first kappa shape index (κ1) is 20.9. The van der Waals surface area contributed by atoms with Crippen LogP contribution in [0.3, 0.4) is 0 Å². The fourth-order valence-corrected chi connectivity index (χ4v) is 4.45. The average molecular weight is 437 g/mol. The molecule has 4 aromatic rings. The first-order valence-electron chi connectivity index (χ1n) is 11.2. The van der Waals surface area contributed by atoms with Gasteiger partial charge in [0.05, 0.1) is 11.1 Å². The van der Waals surface area contributed by atoms with Crippen LogP contribution in [0.1, 0.15) is 39.2 Å². The SMILES string of the molecule is O=C(COC(=O)c1c2c(nc3ccccc13)CCC2)Nc1ccccc1Cc1ccccc1. The molecule has 1 aliphatic rings. The topological polar surface area (TPSA) is 68.3 Å². The number of aryl methyl sites for hydroxylation is 1. The summed E-state index contributed by atoms with van der Waals surface area (Å²) >= 11 is 0. The van der Waals surface area contributed by atoms with Crippen molar-refractivity contribution < 1.29 is 14.3 Å². The monoisotopic (exact) mass is 436 g/mol. The Bertz CT molecular complexity index is 1330. The second kappa shape index (κ2) is 9.25. The molecule has 33 heavy (non-hydrogen) atoms. The zero-order valence-corrected chi connectivity index (χ0v) is 18.2. The Hall–Kier alpha value is -3.99. The Kier molecular flexibility index (Phi) is 5.85. The number of nitrogens with zero attached hydrogens (tertiary/aromatic N) is 1. The molecule has 3 aromatic carbocycles. The number of ether oxygens (including phenoxy) is 1. The van der Waals surface area contributed by atoms with Gasteiger partial charge in [-0.05, 0) is 54.5 Å². The van der Waals surface area contributed by atoms with Gasteiger partial charge in [0.1, 0.15) is 0 Å². The van der Waals surface area contributed by atoms with Crippen molar-refractivity contribution in [2.75, 3.05) is 11.9 Å². The first-order chi connectivity index (χ1) is 16.2. The zero-order valence-electron chi connectivity index (χ0n) is 18.2. The Labute approximate surface area is 192 Å². The highest BCUT2D eigenvalue weighted by Gasteiger charge is 2.25. The summed E-state index contributed by atoms with van der Waals surface area (Å²) in [6.07, 6.45) is 3.33. The summed E-state index contributed by atoms with van der Waals surface area (Å²) < 4.78 is 5.47. The van der Waals surface area contributed by atoms with E-state index in [1.165, 1.54) is 0 Å². The largest absolute Gasteiger partial charge is 0.452 e. The Morgan fingerprint density at radius 2 is 1.64 bits per heavy atom. The minimum Gasteiger partial charge on any atom is -0.452 e. The van der Waals surface area contributed by atoms with Crippen LogP contribution in [-0.4, -0.2) is 23.5 Å². The number of anilines is 1. The Morgan fingerprint density at radius 3 is 2.52 bits per heavy atom. The third-order valence-electron chi connectivity index (χ3n) is 5.99. The zero-order chi connectivity index (χ0) is 22.6. The third kappa shape index (κ3) is 4.48. The third-order valence-corrected chi connectivity index (χ3v) is 5.99. The van der Waals surface area contributed by atoms with Crippen LogP contribution >= 0.6 is 0 Å². The number of hydrogen-bond acceptors (Lipinski definition) is 4. The van der Waals surface area contributed by atoms with E-state index in [2.05, 4.69) is 17.4 Å². The molecule has 5 rings (SSSR count). The van der Waals surface area contributed by atoms with Crippen LogP contribution < -0.4 is 5.32 Å². The molecule has 1 heterocycles. The number of para-hydroxylation sites is 2. The molecule has 1 aromatic heterocycles. The summed E-state index contributed by atoms with van der Waals surface area (Å²) in [4.78, 5) is 30.4. The second-order valence-electron chi connectivity index (χ2n) is 8.23. The predicted octanol–water partition coefficient (Wildman–Crippen LogP) is 5.11. The molecule has 0 aliphatic heterocycles. The summed E-state index contributed by atoms with van der Waals surface area (Å²) in [5.74, 6) is -0.835. The number of rotatable bonds is 6. The number of benzene rings is 3. The van der Waals surface area contributed by atoms with Crippen LogP contribution in [0.4, 0.5) is 5.69 Å². The van der Waals surface area contributed by atoms with E-state index in [0.717, 1.165) is 58.2 Å². The van der Waals surface area contributed by atoms with Gasteiger partial charge in [0.15, 0.2) is 6.61 Å². The Morgan fingerprint density at radius 1 is 0.879 bits per heavy atom. The molecule has 0 fully saturated rings. The van der Waals surface area contributed by atoms with Gasteiger partial charge in [0.2, 0.25) is 0 Å². The van der Waals surface area contributed by atoms with Gasteiger partial charge in [0.25, 0.3) is 5.91 Å². The van der Waals surface area contributed by atoms with Crippen molar-refractivity contribution in [2.24, 2.45) is 0 Å². The molecule has 0 radical (unpaired) electrons. The lowest BCUT2D eigenvalue weighted by molar-refractivity contribution is -0.119. The highest BCUT2D eigenvalue weighted by atomic mass is 16.5. The van der Waals surface area contributed by atoms with Gasteiger partial charge < -0.3 is 10.1 Å². The summed E-state index contributed by atoms with van der Waals surface area (Å²) in [5.41, 5.74) is 6.12. The molecule has 0 atom stereocenters. The summed E-state index contributed by atoms with van der Waals surface area (Å²) in [5, 5.41) is 3.67. The van der Waals surface area contributed by atoms with E-state index < -0.39 is 5.97 Å². The van der Waals surface area contributed by atoms with E-state index in [0.29, 0.717) is 12.0 Å². The normalized spacial score (nSPS) is 12.4.